The first-order valence-electron chi connectivity index (χ1n) is 9.50. The third-order valence-electron chi connectivity index (χ3n) is 5.76. The number of hydrogen-bond donors (Lipinski definition) is 3. The number of likely N-dealkylation sites (tertiary alicyclic amines) is 1. The number of H-pyrrole nitrogens is 1. The number of carbonyl (C=O) groups is 2. The van der Waals surface area contributed by atoms with Crippen molar-refractivity contribution in [3.8, 4) is 0 Å². The predicted molar refractivity (Wildman–Crippen MR) is 99.9 cm³/mol. The summed E-state index contributed by atoms with van der Waals surface area (Å²) in [4.78, 5) is 25.9. The van der Waals surface area contributed by atoms with Crippen LogP contribution in [0.1, 0.15) is 52.4 Å². The van der Waals surface area contributed by atoms with Crippen LogP contribution in [0.25, 0.3) is 0 Å². The van der Waals surface area contributed by atoms with Crippen molar-refractivity contribution in [1.82, 2.24) is 20.4 Å². The van der Waals surface area contributed by atoms with Crippen LogP contribution in [0.4, 0.5) is 4.79 Å². The Balaban J connectivity index is 1.33. The van der Waals surface area contributed by atoms with E-state index in [4.69, 9.17) is 0 Å². The van der Waals surface area contributed by atoms with Crippen LogP contribution >= 0.6 is 0 Å². The van der Waals surface area contributed by atoms with Gasteiger partial charge in [-0.25, -0.2) is 9.59 Å². The molecule has 0 spiro atoms. The van der Waals surface area contributed by atoms with Crippen molar-refractivity contribution in [1.29, 1.82) is 0 Å². The second-order valence-electron chi connectivity index (χ2n) is 7.42. The Hall–Kier alpha value is -2.83. The van der Waals surface area contributed by atoms with Crippen LogP contribution in [0.5, 0.6) is 0 Å². The number of aryl methyl sites for hydroxylation is 1. The maximum Gasteiger partial charge on any atom is 0.335 e. The number of aromatic nitrogens is 2. The molecule has 1 aliphatic heterocycles. The smallest absolute Gasteiger partial charge is 0.335 e. The van der Waals surface area contributed by atoms with Crippen molar-refractivity contribution >= 4 is 12.0 Å². The van der Waals surface area contributed by atoms with E-state index < -0.39 is 5.97 Å². The summed E-state index contributed by atoms with van der Waals surface area (Å²) in [6.45, 7) is 1.29. The number of nitrogens with zero attached hydrogens (tertiary/aromatic N) is 2. The van der Waals surface area contributed by atoms with Crippen molar-refractivity contribution in [2.75, 3.05) is 13.1 Å². The number of carboxylic acid groups (broad SMARTS) is 1. The maximum absolute atomic E-state index is 12.6. The van der Waals surface area contributed by atoms with Crippen LogP contribution in [-0.2, 0) is 12.8 Å². The molecule has 1 aromatic carbocycles. The van der Waals surface area contributed by atoms with E-state index in [2.05, 4.69) is 15.5 Å². The Labute approximate surface area is 157 Å². The minimum Gasteiger partial charge on any atom is -0.478 e. The van der Waals surface area contributed by atoms with E-state index in [1.807, 2.05) is 23.2 Å². The number of benzene rings is 1. The van der Waals surface area contributed by atoms with E-state index in [1.54, 1.807) is 12.1 Å². The Kier molecular flexibility index (Phi) is 4.83. The molecule has 1 atom stereocenters. The molecule has 0 saturated carbocycles. The molecule has 1 fully saturated rings. The van der Waals surface area contributed by atoms with Crippen LogP contribution in [0.3, 0.4) is 0 Å². The number of urea groups is 1. The molecule has 3 N–H and O–H groups in total. The molecule has 1 unspecified atom stereocenters. The van der Waals surface area contributed by atoms with Crippen LogP contribution in [0.2, 0.25) is 0 Å². The molecule has 1 aliphatic carbocycles. The second kappa shape index (κ2) is 7.42. The van der Waals surface area contributed by atoms with Crippen LogP contribution < -0.4 is 5.32 Å². The van der Waals surface area contributed by atoms with Gasteiger partial charge in [0.15, 0.2) is 0 Å². The molecular formula is C20H24N4O3. The molecule has 27 heavy (non-hydrogen) atoms. The van der Waals surface area contributed by atoms with Crippen LogP contribution in [-0.4, -0.2) is 51.3 Å². The number of aromatic amines is 1. The Morgan fingerprint density at radius 2 is 1.96 bits per heavy atom. The van der Waals surface area contributed by atoms with Gasteiger partial charge >= 0.3 is 12.0 Å². The van der Waals surface area contributed by atoms with E-state index in [0.29, 0.717) is 18.7 Å². The third kappa shape index (κ3) is 3.67. The molecule has 0 bridgehead atoms. The quantitative estimate of drug-likeness (QED) is 0.775. The van der Waals surface area contributed by atoms with Gasteiger partial charge in [-0.15, -0.1) is 0 Å². The molecule has 1 saturated heterocycles. The zero-order valence-electron chi connectivity index (χ0n) is 15.1. The molecule has 142 valence electrons. The fraction of sp³-hybridized carbons (Fsp3) is 0.450. The second-order valence-corrected chi connectivity index (χ2v) is 7.42. The first kappa shape index (κ1) is 17.6. The highest BCUT2D eigenvalue weighted by atomic mass is 16.4. The van der Waals surface area contributed by atoms with Gasteiger partial charge in [0.05, 0.1) is 11.8 Å². The number of carbonyl (C=O) groups excluding carboxylic acids is 1. The highest BCUT2D eigenvalue weighted by Gasteiger charge is 2.28. The van der Waals surface area contributed by atoms with E-state index >= 15 is 0 Å². The summed E-state index contributed by atoms with van der Waals surface area (Å²) in [5, 5.41) is 19.6. The van der Waals surface area contributed by atoms with E-state index in [0.717, 1.165) is 43.4 Å². The van der Waals surface area contributed by atoms with Gasteiger partial charge < -0.3 is 15.3 Å². The monoisotopic (exact) mass is 368 g/mol. The highest BCUT2D eigenvalue weighted by molar-refractivity contribution is 5.89. The Morgan fingerprint density at radius 1 is 1.19 bits per heavy atom. The standard InChI is InChI=1S/C20H24N4O3/c25-19(26)17-4-2-1-3-16(17)13-7-9-24(10-8-13)20(27)22-15-6-5-14-12-21-23-18(14)11-15/h1-4,12-13,15H,5-11H2,(H,21,23)(H,22,27)(H,25,26). The van der Waals surface area contributed by atoms with Gasteiger partial charge in [0.2, 0.25) is 0 Å². The van der Waals surface area contributed by atoms with Gasteiger partial charge in [0, 0.05) is 31.2 Å². The molecule has 0 radical (unpaired) electrons. The summed E-state index contributed by atoms with van der Waals surface area (Å²) in [5.41, 5.74) is 3.62. The van der Waals surface area contributed by atoms with Gasteiger partial charge in [-0.1, -0.05) is 18.2 Å². The summed E-state index contributed by atoms with van der Waals surface area (Å²) < 4.78 is 0. The van der Waals surface area contributed by atoms with E-state index in [9.17, 15) is 14.7 Å². The van der Waals surface area contributed by atoms with Crippen molar-refractivity contribution in [2.45, 2.75) is 44.1 Å². The lowest BCUT2D eigenvalue weighted by Gasteiger charge is -2.34. The zero-order chi connectivity index (χ0) is 18.8. The zero-order valence-corrected chi connectivity index (χ0v) is 15.1. The van der Waals surface area contributed by atoms with Gasteiger partial charge in [-0.2, -0.15) is 5.10 Å². The van der Waals surface area contributed by atoms with Crippen molar-refractivity contribution in [3.05, 3.63) is 52.8 Å². The summed E-state index contributed by atoms with van der Waals surface area (Å²) in [6.07, 6.45) is 6.10. The van der Waals surface area contributed by atoms with Gasteiger partial charge in [0.25, 0.3) is 0 Å². The molecule has 2 aromatic rings. The average Bonchev–Trinajstić information content (AvgIpc) is 3.16. The molecule has 4 rings (SSSR count). The number of rotatable bonds is 3. The number of hydrogen-bond acceptors (Lipinski definition) is 3. The van der Waals surface area contributed by atoms with Gasteiger partial charge in [-0.3, -0.25) is 5.10 Å². The Bertz CT molecular complexity index is 839. The lowest BCUT2D eigenvalue weighted by Crippen LogP contribution is -2.49. The predicted octanol–water partition coefficient (Wildman–Crippen LogP) is 2.55. The van der Waals surface area contributed by atoms with Crippen LogP contribution in [0.15, 0.2) is 30.5 Å². The van der Waals surface area contributed by atoms with Crippen molar-refractivity contribution in [2.24, 2.45) is 0 Å². The minimum atomic E-state index is -0.888. The maximum atomic E-state index is 12.6. The normalized spacial score (nSPS) is 20.1. The number of carboxylic acids is 1. The number of nitrogens with one attached hydrogen (secondary N) is 2. The molecule has 2 heterocycles. The fourth-order valence-electron chi connectivity index (χ4n) is 4.24. The first-order valence-corrected chi connectivity index (χ1v) is 9.50. The minimum absolute atomic E-state index is 0.0204. The molecule has 7 nitrogen and oxygen atoms in total. The average molecular weight is 368 g/mol. The molecular weight excluding hydrogens is 344 g/mol. The molecule has 7 heteroatoms. The number of amides is 2. The number of piperidine rings is 1. The summed E-state index contributed by atoms with van der Waals surface area (Å²) in [7, 11) is 0. The van der Waals surface area contributed by atoms with Crippen molar-refractivity contribution in [3.63, 3.8) is 0 Å². The molecule has 2 amide bonds. The lowest BCUT2D eigenvalue weighted by atomic mass is 9.86. The summed E-state index contributed by atoms with van der Waals surface area (Å²) >= 11 is 0. The first-order chi connectivity index (χ1) is 13.1. The lowest BCUT2D eigenvalue weighted by molar-refractivity contribution is 0.0694. The van der Waals surface area contributed by atoms with Crippen molar-refractivity contribution < 1.29 is 14.7 Å². The number of fused-ring (bicyclic) bond motifs is 1. The SMILES string of the molecule is O=C(O)c1ccccc1C1CCN(C(=O)NC2CCc3cn[nH]c3C2)CC1. The summed E-state index contributed by atoms with van der Waals surface area (Å²) in [5.74, 6) is -0.704. The van der Waals surface area contributed by atoms with E-state index in [-0.39, 0.29) is 18.0 Å². The van der Waals surface area contributed by atoms with E-state index in [1.165, 1.54) is 5.56 Å². The van der Waals surface area contributed by atoms with Gasteiger partial charge in [-0.05, 0) is 48.8 Å². The highest BCUT2D eigenvalue weighted by Crippen LogP contribution is 2.30. The summed E-state index contributed by atoms with van der Waals surface area (Å²) in [6, 6.07) is 7.30. The fourth-order valence-corrected chi connectivity index (χ4v) is 4.24. The molecule has 2 aliphatic rings. The Morgan fingerprint density at radius 3 is 2.74 bits per heavy atom. The van der Waals surface area contributed by atoms with Gasteiger partial charge in [0.1, 0.15) is 0 Å². The number of aromatic carboxylic acids is 1. The largest absolute Gasteiger partial charge is 0.478 e. The van der Waals surface area contributed by atoms with Crippen LogP contribution in [0, 0.1) is 0 Å². The molecule has 1 aromatic heterocycles. The third-order valence-corrected chi connectivity index (χ3v) is 5.76. The topological polar surface area (TPSA) is 98.3 Å².